The van der Waals surface area contributed by atoms with Crippen LogP contribution in [0.1, 0.15) is 26.3 Å². The highest BCUT2D eigenvalue weighted by Gasteiger charge is 2.35. The topological polar surface area (TPSA) is 83.5 Å². The summed E-state index contributed by atoms with van der Waals surface area (Å²) in [4.78, 5) is 11.2. The first kappa shape index (κ1) is 16.9. The molecule has 0 aromatic heterocycles. The maximum Gasteiger partial charge on any atom is 0.322 e. The minimum absolute atomic E-state index is 0.0134. The summed E-state index contributed by atoms with van der Waals surface area (Å²) in [7, 11) is -3.96. The van der Waals surface area contributed by atoms with Crippen molar-refractivity contribution in [1.82, 2.24) is 4.72 Å². The fourth-order valence-electron chi connectivity index (χ4n) is 1.68. The molecule has 0 unspecified atom stereocenters. The lowest BCUT2D eigenvalue weighted by Gasteiger charge is -2.27. The van der Waals surface area contributed by atoms with Crippen molar-refractivity contribution in [3.05, 3.63) is 28.8 Å². The first-order valence-electron chi connectivity index (χ1n) is 5.96. The number of rotatable bonds is 4. The van der Waals surface area contributed by atoms with Gasteiger partial charge in [-0.3, -0.25) is 4.79 Å². The second kappa shape index (κ2) is 5.71. The number of carbonyl (C=O) groups is 1. The molecule has 0 aliphatic heterocycles. The van der Waals surface area contributed by atoms with Gasteiger partial charge in [0.15, 0.2) is 0 Å². The summed E-state index contributed by atoms with van der Waals surface area (Å²) in [6.45, 7) is 6.58. The Labute approximate surface area is 124 Å². The Bertz CT molecular complexity index is 620. The van der Waals surface area contributed by atoms with E-state index in [-0.39, 0.29) is 9.92 Å². The van der Waals surface area contributed by atoms with E-state index in [0.29, 0.717) is 5.56 Å². The van der Waals surface area contributed by atoms with Crippen molar-refractivity contribution in [2.45, 2.75) is 38.6 Å². The second-order valence-corrected chi connectivity index (χ2v) is 7.79. The molecule has 0 amide bonds. The molecular formula is C13H18ClNO4S. The summed E-state index contributed by atoms with van der Waals surface area (Å²) in [6.07, 6.45) is 0. The van der Waals surface area contributed by atoms with Gasteiger partial charge in [0, 0.05) is 5.02 Å². The van der Waals surface area contributed by atoms with Crippen molar-refractivity contribution >= 4 is 27.6 Å². The van der Waals surface area contributed by atoms with Crippen LogP contribution in [0.3, 0.4) is 0 Å². The summed E-state index contributed by atoms with van der Waals surface area (Å²) < 4.78 is 26.9. The molecule has 112 valence electrons. The third-order valence-electron chi connectivity index (χ3n) is 2.83. The van der Waals surface area contributed by atoms with Crippen molar-refractivity contribution in [2.24, 2.45) is 5.41 Å². The van der Waals surface area contributed by atoms with E-state index in [1.54, 1.807) is 39.8 Å². The second-order valence-electron chi connectivity index (χ2n) is 5.67. The van der Waals surface area contributed by atoms with Crippen LogP contribution in [0.4, 0.5) is 0 Å². The molecule has 0 fully saturated rings. The maximum atomic E-state index is 12.3. The van der Waals surface area contributed by atoms with Crippen molar-refractivity contribution in [3.63, 3.8) is 0 Å². The lowest BCUT2D eigenvalue weighted by Crippen LogP contribution is -2.49. The number of carboxylic acids is 1. The Kier molecular flexibility index (Phi) is 4.84. The molecular weight excluding hydrogens is 302 g/mol. The third kappa shape index (κ3) is 3.94. The average molecular weight is 320 g/mol. The zero-order valence-corrected chi connectivity index (χ0v) is 13.3. The Balaban J connectivity index is 3.24. The standard InChI is InChI=1S/C13H18ClNO4S/c1-8-5-6-9(14)7-10(8)20(18,19)15-11(12(16)17)13(2,3)4/h5-7,11,15H,1-4H3,(H,16,17)/t11-/m0/s1. The number of halogens is 1. The van der Waals surface area contributed by atoms with Gasteiger partial charge in [-0.25, -0.2) is 8.42 Å². The van der Waals surface area contributed by atoms with Crippen LogP contribution in [0.25, 0.3) is 0 Å². The van der Waals surface area contributed by atoms with Crippen LogP contribution >= 0.6 is 11.6 Å². The largest absolute Gasteiger partial charge is 0.480 e. The van der Waals surface area contributed by atoms with Gasteiger partial charge in [0.1, 0.15) is 6.04 Å². The highest BCUT2D eigenvalue weighted by Crippen LogP contribution is 2.24. The smallest absolute Gasteiger partial charge is 0.322 e. The normalized spacial score (nSPS) is 14.1. The van der Waals surface area contributed by atoms with Crippen molar-refractivity contribution in [2.75, 3.05) is 0 Å². The quantitative estimate of drug-likeness (QED) is 0.892. The Morgan fingerprint density at radius 1 is 1.35 bits per heavy atom. The van der Waals surface area contributed by atoms with Gasteiger partial charge in [0.05, 0.1) is 4.90 Å². The predicted molar refractivity (Wildman–Crippen MR) is 77.4 cm³/mol. The van der Waals surface area contributed by atoms with Crippen LogP contribution in [-0.2, 0) is 14.8 Å². The van der Waals surface area contributed by atoms with Gasteiger partial charge in [-0.05, 0) is 30.0 Å². The van der Waals surface area contributed by atoms with Gasteiger partial charge in [-0.2, -0.15) is 4.72 Å². The molecule has 1 atom stereocenters. The van der Waals surface area contributed by atoms with Crippen LogP contribution in [0.5, 0.6) is 0 Å². The van der Waals surface area contributed by atoms with Crippen LogP contribution in [-0.4, -0.2) is 25.5 Å². The average Bonchev–Trinajstić information content (AvgIpc) is 2.27. The lowest BCUT2D eigenvalue weighted by molar-refractivity contribution is -0.141. The SMILES string of the molecule is Cc1ccc(Cl)cc1S(=O)(=O)N[C@@H](C(=O)O)C(C)(C)C. The molecule has 0 spiro atoms. The minimum atomic E-state index is -3.96. The number of nitrogens with one attached hydrogen (secondary N) is 1. The number of benzene rings is 1. The number of hydrogen-bond donors (Lipinski definition) is 2. The maximum absolute atomic E-state index is 12.3. The van der Waals surface area contributed by atoms with Gasteiger partial charge in [0.25, 0.3) is 0 Å². The van der Waals surface area contributed by atoms with E-state index in [1.807, 2.05) is 0 Å². The molecule has 0 radical (unpaired) electrons. The number of hydrogen-bond acceptors (Lipinski definition) is 3. The molecule has 0 bridgehead atoms. The van der Waals surface area contributed by atoms with E-state index >= 15 is 0 Å². The number of sulfonamides is 1. The van der Waals surface area contributed by atoms with Gasteiger partial charge < -0.3 is 5.11 Å². The highest BCUT2D eigenvalue weighted by atomic mass is 35.5. The fourth-order valence-corrected chi connectivity index (χ4v) is 3.58. The fraction of sp³-hybridized carbons (Fsp3) is 0.462. The van der Waals surface area contributed by atoms with E-state index in [4.69, 9.17) is 11.6 Å². The van der Waals surface area contributed by atoms with Crippen LogP contribution in [0, 0.1) is 12.3 Å². The molecule has 1 aromatic carbocycles. The molecule has 1 rings (SSSR count). The summed E-state index contributed by atoms with van der Waals surface area (Å²) in [5.74, 6) is -1.22. The van der Waals surface area contributed by atoms with Gasteiger partial charge in [0.2, 0.25) is 10.0 Å². The number of aryl methyl sites for hydroxylation is 1. The van der Waals surface area contributed by atoms with Crippen molar-refractivity contribution in [3.8, 4) is 0 Å². The number of aliphatic carboxylic acids is 1. The van der Waals surface area contributed by atoms with Gasteiger partial charge in [-0.15, -0.1) is 0 Å². The first-order chi connectivity index (χ1) is 8.95. The van der Waals surface area contributed by atoms with E-state index in [1.165, 1.54) is 6.07 Å². The highest BCUT2D eigenvalue weighted by molar-refractivity contribution is 7.89. The molecule has 0 saturated carbocycles. The monoisotopic (exact) mass is 319 g/mol. The molecule has 7 heteroatoms. The Hall–Kier alpha value is -1.11. The van der Waals surface area contributed by atoms with Crippen LogP contribution in [0.15, 0.2) is 23.1 Å². The molecule has 0 heterocycles. The Morgan fingerprint density at radius 2 is 1.90 bits per heavy atom. The first-order valence-corrected chi connectivity index (χ1v) is 7.82. The van der Waals surface area contributed by atoms with Gasteiger partial charge >= 0.3 is 5.97 Å². The predicted octanol–water partition coefficient (Wildman–Crippen LogP) is 2.43. The zero-order chi connectivity index (χ0) is 15.7. The third-order valence-corrected chi connectivity index (χ3v) is 4.63. The lowest BCUT2D eigenvalue weighted by atomic mass is 9.88. The molecule has 1 aromatic rings. The van der Waals surface area contributed by atoms with E-state index in [9.17, 15) is 18.3 Å². The Morgan fingerprint density at radius 3 is 2.35 bits per heavy atom. The van der Waals surface area contributed by atoms with Crippen LogP contribution < -0.4 is 4.72 Å². The molecule has 0 aliphatic carbocycles. The number of carboxylic acid groups (broad SMARTS) is 1. The molecule has 0 saturated heterocycles. The molecule has 0 aliphatic rings. The molecule has 5 nitrogen and oxygen atoms in total. The molecule has 2 N–H and O–H groups in total. The summed E-state index contributed by atoms with van der Waals surface area (Å²) in [6, 6.07) is 3.23. The van der Waals surface area contributed by atoms with E-state index < -0.39 is 27.4 Å². The van der Waals surface area contributed by atoms with E-state index in [0.717, 1.165) is 0 Å². The van der Waals surface area contributed by atoms with Crippen molar-refractivity contribution < 1.29 is 18.3 Å². The summed E-state index contributed by atoms with van der Waals surface area (Å²) in [5, 5.41) is 9.47. The van der Waals surface area contributed by atoms with Gasteiger partial charge in [-0.1, -0.05) is 38.4 Å². The summed E-state index contributed by atoms with van der Waals surface area (Å²) >= 11 is 5.80. The minimum Gasteiger partial charge on any atom is -0.480 e. The zero-order valence-electron chi connectivity index (χ0n) is 11.8. The van der Waals surface area contributed by atoms with Crippen LogP contribution in [0.2, 0.25) is 5.02 Å². The van der Waals surface area contributed by atoms with E-state index in [2.05, 4.69) is 4.72 Å². The summed E-state index contributed by atoms with van der Waals surface area (Å²) in [5.41, 5.74) is -0.259. The van der Waals surface area contributed by atoms with Crippen molar-refractivity contribution in [1.29, 1.82) is 0 Å². The molecule has 20 heavy (non-hydrogen) atoms.